The van der Waals surface area contributed by atoms with Gasteiger partial charge in [-0.25, -0.2) is 9.78 Å². The molecule has 20 heavy (non-hydrogen) atoms. The number of rotatable bonds is 3. The zero-order valence-electron chi connectivity index (χ0n) is 10.8. The maximum atomic E-state index is 11.3. The second kappa shape index (κ2) is 4.65. The number of hydrogen-bond acceptors (Lipinski definition) is 3. The number of carboxylic acids is 1. The lowest BCUT2D eigenvalue weighted by atomic mass is 10.3. The van der Waals surface area contributed by atoms with E-state index in [4.69, 9.17) is 0 Å². The first-order valence-electron chi connectivity index (χ1n) is 6.04. The molecule has 0 aliphatic carbocycles. The monoisotopic (exact) mass is 268 g/mol. The van der Waals surface area contributed by atoms with Gasteiger partial charge >= 0.3 is 5.97 Å². The highest BCUT2D eigenvalue weighted by molar-refractivity contribution is 5.91. The highest BCUT2D eigenvalue weighted by atomic mass is 16.4. The lowest BCUT2D eigenvalue weighted by Gasteiger charge is -2.09. The van der Waals surface area contributed by atoms with Crippen LogP contribution in [0.2, 0.25) is 0 Å². The number of carbonyl (C=O) groups is 1. The Balaban J connectivity index is 2.24. The average molecular weight is 268 g/mol. The molecule has 0 atom stereocenters. The normalized spacial score (nSPS) is 10.7. The number of aryl methyl sites for hydroxylation is 1. The Bertz CT molecular complexity index is 759. The maximum Gasteiger partial charge on any atom is 0.341 e. The molecule has 3 aromatic rings. The molecule has 3 aromatic heterocycles. The number of aromatic nitrogens is 4. The van der Waals surface area contributed by atoms with Gasteiger partial charge in [0.25, 0.3) is 0 Å². The van der Waals surface area contributed by atoms with E-state index in [1.54, 1.807) is 23.2 Å². The first kappa shape index (κ1) is 12.2. The molecule has 0 amide bonds. The van der Waals surface area contributed by atoms with Crippen molar-refractivity contribution in [1.29, 1.82) is 0 Å². The molecule has 0 aromatic carbocycles. The van der Waals surface area contributed by atoms with Crippen LogP contribution >= 0.6 is 0 Å². The third-order valence-corrected chi connectivity index (χ3v) is 2.94. The van der Waals surface area contributed by atoms with E-state index in [1.807, 2.05) is 31.2 Å². The fourth-order valence-electron chi connectivity index (χ4n) is 2.02. The zero-order chi connectivity index (χ0) is 14.1. The summed E-state index contributed by atoms with van der Waals surface area (Å²) in [7, 11) is 0. The minimum Gasteiger partial charge on any atom is -0.477 e. The van der Waals surface area contributed by atoms with Crippen molar-refractivity contribution < 1.29 is 9.90 Å². The first-order chi connectivity index (χ1) is 9.66. The van der Waals surface area contributed by atoms with Crippen molar-refractivity contribution in [1.82, 2.24) is 19.3 Å². The second-order valence-electron chi connectivity index (χ2n) is 4.38. The van der Waals surface area contributed by atoms with Crippen LogP contribution in [0, 0.1) is 6.92 Å². The molecule has 6 nitrogen and oxygen atoms in total. The number of hydrogen-bond donors (Lipinski definition) is 1. The number of pyridine rings is 1. The van der Waals surface area contributed by atoms with Crippen LogP contribution in [-0.4, -0.2) is 30.4 Å². The molecular weight excluding hydrogens is 256 g/mol. The third-order valence-electron chi connectivity index (χ3n) is 2.94. The van der Waals surface area contributed by atoms with Crippen LogP contribution in [0.15, 0.2) is 49.1 Å². The summed E-state index contributed by atoms with van der Waals surface area (Å²) >= 11 is 0. The summed E-state index contributed by atoms with van der Waals surface area (Å²) < 4.78 is 3.23. The summed E-state index contributed by atoms with van der Waals surface area (Å²) in [5.74, 6) is 0.0226. The van der Waals surface area contributed by atoms with E-state index >= 15 is 0 Å². The van der Waals surface area contributed by atoms with Gasteiger partial charge in [-0.1, -0.05) is 0 Å². The number of carboxylic acid groups (broad SMARTS) is 1. The first-order valence-corrected chi connectivity index (χ1v) is 6.04. The molecule has 0 radical (unpaired) electrons. The van der Waals surface area contributed by atoms with E-state index < -0.39 is 5.97 Å². The molecule has 0 bridgehead atoms. The van der Waals surface area contributed by atoms with Crippen LogP contribution in [0.1, 0.15) is 15.9 Å². The minimum atomic E-state index is -1.02. The van der Waals surface area contributed by atoms with Crippen molar-refractivity contribution in [3.05, 3.63) is 60.2 Å². The van der Waals surface area contributed by atoms with Crippen LogP contribution < -0.4 is 0 Å². The summed E-state index contributed by atoms with van der Waals surface area (Å²) in [4.78, 5) is 15.6. The molecule has 0 saturated heterocycles. The predicted molar refractivity (Wildman–Crippen MR) is 72.4 cm³/mol. The Morgan fingerprint density at radius 1 is 1.30 bits per heavy atom. The van der Waals surface area contributed by atoms with Crippen molar-refractivity contribution >= 4 is 5.97 Å². The standard InChI is InChI=1S/C14H12N4O2/c1-10-4-5-15-12(8-10)18-13(17-6-2-3-7-17)11(9-16-18)14(19)20/h2-9H,1H3,(H,19,20). The molecule has 3 heterocycles. The van der Waals surface area contributed by atoms with Gasteiger partial charge in [0.15, 0.2) is 11.6 Å². The second-order valence-corrected chi connectivity index (χ2v) is 4.38. The largest absolute Gasteiger partial charge is 0.477 e. The van der Waals surface area contributed by atoms with E-state index in [0.717, 1.165) is 5.56 Å². The molecule has 0 spiro atoms. The van der Waals surface area contributed by atoms with Crippen LogP contribution in [0.25, 0.3) is 11.6 Å². The smallest absolute Gasteiger partial charge is 0.341 e. The lowest BCUT2D eigenvalue weighted by molar-refractivity contribution is 0.0697. The molecule has 0 fully saturated rings. The Labute approximate surface area is 114 Å². The van der Waals surface area contributed by atoms with Crippen molar-refractivity contribution in [2.24, 2.45) is 0 Å². The molecular formula is C14H12N4O2. The van der Waals surface area contributed by atoms with E-state index in [0.29, 0.717) is 11.6 Å². The third kappa shape index (κ3) is 1.97. The topological polar surface area (TPSA) is 72.9 Å². The minimum absolute atomic E-state index is 0.129. The van der Waals surface area contributed by atoms with E-state index in [2.05, 4.69) is 10.1 Å². The van der Waals surface area contributed by atoms with Gasteiger partial charge in [-0.3, -0.25) is 0 Å². The van der Waals surface area contributed by atoms with Gasteiger partial charge in [0, 0.05) is 18.6 Å². The van der Waals surface area contributed by atoms with Gasteiger partial charge in [-0.15, -0.1) is 0 Å². The Morgan fingerprint density at radius 3 is 2.70 bits per heavy atom. The summed E-state index contributed by atoms with van der Waals surface area (Å²) in [5, 5.41) is 13.4. The van der Waals surface area contributed by atoms with Crippen LogP contribution in [0.3, 0.4) is 0 Å². The SMILES string of the molecule is Cc1ccnc(-n2ncc(C(=O)O)c2-n2cccc2)c1. The van der Waals surface area contributed by atoms with Crippen LogP contribution in [0.4, 0.5) is 0 Å². The molecule has 3 rings (SSSR count). The van der Waals surface area contributed by atoms with Crippen molar-refractivity contribution in [2.75, 3.05) is 0 Å². The quantitative estimate of drug-likeness (QED) is 0.789. The van der Waals surface area contributed by atoms with Crippen molar-refractivity contribution in [2.45, 2.75) is 6.92 Å². The lowest BCUT2D eigenvalue weighted by Crippen LogP contribution is -2.09. The van der Waals surface area contributed by atoms with Crippen molar-refractivity contribution in [3.8, 4) is 11.6 Å². The summed E-state index contributed by atoms with van der Waals surface area (Å²) in [6.07, 6.45) is 6.55. The molecule has 6 heteroatoms. The van der Waals surface area contributed by atoms with Crippen LogP contribution in [-0.2, 0) is 0 Å². The van der Waals surface area contributed by atoms with E-state index in [9.17, 15) is 9.90 Å². The van der Waals surface area contributed by atoms with E-state index in [-0.39, 0.29) is 5.56 Å². The average Bonchev–Trinajstić information content (AvgIpc) is 3.07. The maximum absolute atomic E-state index is 11.3. The van der Waals surface area contributed by atoms with Gasteiger partial charge < -0.3 is 9.67 Å². The molecule has 100 valence electrons. The van der Waals surface area contributed by atoms with Crippen LogP contribution in [0.5, 0.6) is 0 Å². The van der Waals surface area contributed by atoms with Gasteiger partial charge in [0.05, 0.1) is 6.20 Å². The van der Waals surface area contributed by atoms with Gasteiger partial charge in [-0.2, -0.15) is 9.78 Å². The fourth-order valence-corrected chi connectivity index (χ4v) is 2.02. The molecule has 1 N–H and O–H groups in total. The summed E-state index contributed by atoms with van der Waals surface area (Å²) in [6.45, 7) is 1.95. The van der Waals surface area contributed by atoms with Gasteiger partial charge in [-0.05, 0) is 36.8 Å². The van der Waals surface area contributed by atoms with E-state index in [1.165, 1.54) is 10.9 Å². The molecule has 0 aliphatic heterocycles. The molecule has 0 unspecified atom stereocenters. The number of aromatic carboxylic acids is 1. The number of nitrogens with zero attached hydrogens (tertiary/aromatic N) is 4. The summed E-state index contributed by atoms with van der Waals surface area (Å²) in [5.41, 5.74) is 1.16. The van der Waals surface area contributed by atoms with Crippen molar-refractivity contribution in [3.63, 3.8) is 0 Å². The Hall–Kier alpha value is -2.89. The molecule has 0 saturated carbocycles. The van der Waals surface area contributed by atoms with Gasteiger partial charge in [0.2, 0.25) is 0 Å². The fraction of sp³-hybridized carbons (Fsp3) is 0.0714. The Morgan fingerprint density at radius 2 is 2.05 bits per heavy atom. The highest BCUT2D eigenvalue weighted by Gasteiger charge is 2.19. The molecule has 0 aliphatic rings. The predicted octanol–water partition coefficient (Wildman–Crippen LogP) is 2.06. The summed E-state index contributed by atoms with van der Waals surface area (Å²) in [6, 6.07) is 7.38. The zero-order valence-corrected chi connectivity index (χ0v) is 10.8. The highest BCUT2D eigenvalue weighted by Crippen LogP contribution is 2.19. The Kier molecular flexibility index (Phi) is 2.83. The van der Waals surface area contributed by atoms with Gasteiger partial charge in [0.1, 0.15) is 5.56 Å².